The Morgan fingerprint density at radius 3 is 2.35 bits per heavy atom. The van der Waals surface area contributed by atoms with Crippen LogP contribution < -0.4 is 4.74 Å². The number of unbranched alkanes of at least 4 members (excludes halogenated alkanes) is 2. The minimum Gasteiger partial charge on any atom is -0.494 e. The van der Waals surface area contributed by atoms with Crippen LogP contribution in [0.4, 0.5) is 0 Å². The Morgan fingerprint density at radius 2 is 1.62 bits per heavy atom. The third kappa shape index (κ3) is 5.66. The van der Waals surface area contributed by atoms with E-state index in [1.807, 2.05) is 24.3 Å². The highest BCUT2D eigenvalue weighted by atomic mass is 16.5. The number of nitrogens with zero attached hydrogens (tertiary/aromatic N) is 2. The molecule has 4 rings (SSSR count). The molecule has 0 radical (unpaired) electrons. The largest absolute Gasteiger partial charge is 0.494 e. The zero-order chi connectivity index (χ0) is 24.0. The summed E-state index contributed by atoms with van der Waals surface area (Å²) in [6.45, 7) is 4.94. The molecule has 0 spiro atoms. The minimum absolute atomic E-state index is 0.624. The van der Waals surface area contributed by atoms with E-state index >= 15 is 0 Å². The van der Waals surface area contributed by atoms with Gasteiger partial charge >= 0.3 is 5.97 Å². The van der Waals surface area contributed by atoms with Crippen LogP contribution in [0.25, 0.3) is 22.4 Å². The maximum absolute atomic E-state index is 11.2. The number of carboxylic acid groups (broad SMARTS) is 1. The molecule has 0 aliphatic rings. The molecule has 34 heavy (non-hydrogen) atoms. The summed E-state index contributed by atoms with van der Waals surface area (Å²) in [5, 5.41) is 9.20. The topological polar surface area (TPSA) is 64.4 Å². The van der Waals surface area contributed by atoms with Crippen LogP contribution in [0.2, 0.25) is 0 Å². The van der Waals surface area contributed by atoms with Crippen LogP contribution >= 0.6 is 0 Å². The molecule has 0 saturated carbocycles. The number of carbonyl (C=O) groups is 1. The molecule has 0 fully saturated rings. The molecule has 0 aliphatic heterocycles. The minimum atomic E-state index is -0.735. The SMILES string of the molecule is CC(C)(CCCCCOc1ccc(-c2nc3ccccc3n2Cc2ccccc2)cc1)C(=O)O. The predicted octanol–water partition coefficient (Wildman–Crippen LogP) is 6.80. The van der Waals surface area contributed by atoms with Gasteiger partial charge in [-0.05, 0) is 68.7 Å². The molecular weight excluding hydrogens is 424 g/mol. The number of imidazole rings is 1. The zero-order valence-corrected chi connectivity index (χ0v) is 19.9. The van der Waals surface area contributed by atoms with Gasteiger partial charge in [-0.15, -0.1) is 0 Å². The fourth-order valence-electron chi connectivity index (χ4n) is 4.06. The van der Waals surface area contributed by atoms with E-state index in [2.05, 4.69) is 59.2 Å². The molecule has 4 aromatic rings. The van der Waals surface area contributed by atoms with Crippen molar-refractivity contribution in [3.05, 3.63) is 84.4 Å². The van der Waals surface area contributed by atoms with Crippen molar-refractivity contribution in [2.75, 3.05) is 6.61 Å². The lowest BCUT2D eigenvalue weighted by Gasteiger charge is -2.18. The molecule has 5 nitrogen and oxygen atoms in total. The summed E-state index contributed by atoms with van der Waals surface area (Å²) in [5.41, 5.74) is 3.73. The summed E-state index contributed by atoms with van der Waals surface area (Å²) < 4.78 is 8.18. The number of aromatic nitrogens is 2. The predicted molar refractivity (Wildman–Crippen MR) is 136 cm³/mol. The summed E-state index contributed by atoms with van der Waals surface area (Å²) in [5.74, 6) is 1.04. The Morgan fingerprint density at radius 1 is 0.912 bits per heavy atom. The molecule has 0 unspecified atom stereocenters. The van der Waals surface area contributed by atoms with Gasteiger partial charge in [0.1, 0.15) is 11.6 Å². The Hall–Kier alpha value is -3.60. The van der Waals surface area contributed by atoms with Crippen LogP contribution in [0.1, 0.15) is 45.1 Å². The number of hydrogen-bond acceptors (Lipinski definition) is 3. The fraction of sp³-hybridized carbons (Fsp3) is 0.310. The monoisotopic (exact) mass is 456 g/mol. The number of ether oxygens (including phenoxy) is 1. The first-order chi connectivity index (χ1) is 16.4. The molecule has 1 N–H and O–H groups in total. The summed E-state index contributed by atoms with van der Waals surface area (Å²) in [6, 6.07) is 26.8. The van der Waals surface area contributed by atoms with Gasteiger partial charge in [-0.25, -0.2) is 4.98 Å². The van der Waals surface area contributed by atoms with Gasteiger partial charge < -0.3 is 14.4 Å². The van der Waals surface area contributed by atoms with Crippen molar-refractivity contribution in [3.8, 4) is 17.1 Å². The van der Waals surface area contributed by atoms with Crippen LogP contribution in [0.15, 0.2) is 78.9 Å². The lowest BCUT2D eigenvalue weighted by atomic mass is 9.87. The number of para-hydroxylation sites is 2. The quantitative estimate of drug-likeness (QED) is 0.252. The van der Waals surface area contributed by atoms with Crippen molar-refractivity contribution in [2.24, 2.45) is 5.41 Å². The van der Waals surface area contributed by atoms with Gasteiger partial charge in [0, 0.05) is 12.1 Å². The highest BCUT2D eigenvalue weighted by Crippen LogP contribution is 2.28. The van der Waals surface area contributed by atoms with E-state index in [-0.39, 0.29) is 0 Å². The average molecular weight is 457 g/mol. The van der Waals surface area contributed by atoms with Gasteiger partial charge in [0.2, 0.25) is 0 Å². The molecule has 1 heterocycles. The summed E-state index contributed by atoms with van der Waals surface area (Å²) in [7, 11) is 0. The smallest absolute Gasteiger partial charge is 0.309 e. The van der Waals surface area contributed by atoms with Crippen LogP contribution in [-0.4, -0.2) is 27.2 Å². The number of carboxylic acids is 1. The van der Waals surface area contributed by atoms with Gasteiger partial charge in [-0.2, -0.15) is 0 Å². The second-order valence-electron chi connectivity index (χ2n) is 9.37. The first-order valence-electron chi connectivity index (χ1n) is 11.9. The molecule has 5 heteroatoms. The maximum atomic E-state index is 11.2. The average Bonchev–Trinajstić information content (AvgIpc) is 3.20. The third-order valence-electron chi connectivity index (χ3n) is 6.24. The molecular formula is C29H32N2O3. The maximum Gasteiger partial charge on any atom is 0.309 e. The number of fused-ring (bicyclic) bond motifs is 1. The lowest BCUT2D eigenvalue weighted by molar-refractivity contribution is -0.147. The number of hydrogen-bond donors (Lipinski definition) is 1. The fourth-order valence-corrected chi connectivity index (χ4v) is 4.06. The normalized spacial score (nSPS) is 11.6. The van der Waals surface area contributed by atoms with Crippen molar-refractivity contribution < 1.29 is 14.6 Å². The van der Waals surface area contributed by atoms with Crippen molar-refractivity contribution in [1.29, 1.82) is 0 Å². The standard InChI is InChI=1S/C29H32N2O3/c1-29(2,28(32)33)19-9-4-10-20-34-24-17-15-23(16-18-24)27-30-25-13-7-8-14-26(25)31(27)21-22-11-5-3-6-12-22/h3,5-8,11-18H,4,9-10,19-21H2,1-2H3,(H,32,33). The van der Waals surface area contributed by atoms with Crippen LogP contribution in [-0.2, 0) is 11.3 Å². The van der Waals surface area contributed by atoms with Crippen molar-refractivity contribution in [2.45, 2.75) is 46.1 Å². The summed E-state index contributed by atoms with van der Waals surface area (Å²) in [4.78, 5) is 16.1. The van der Waals surface area contributed by atoms with Crippen LogP contribution in [0.5, 0.6) is 5.75 Å². The van der Waals surface area contributed by atoms with E-state index in [1.54, 1.807) is 13.8 Å². The summed E-state index contributed by atoms with van der Waals surface area (Å²) >= 11 is 0. The van der Waals surface area contributed by atoms with E-state index in [0.717, 1.165) is 54.0 Å². The van der Waals surface area contributed by atoms with E-state index in [4.69, 9.17) is 9.72 Å². The van der Waals surface area contributed by atoms with E-state index in [0.29, 0.717) is 13.0 Å². The van der Waals surface area contributed by atoms with Gasteiger partial charge in [0.15, 0.2) is 0 Å². The molecule has 0 bridgehead atoms. The Labute approximate surface area is 201 Å². The number of aliphatic carboxylic acids is 1. The van der Waals surface area contributed by atoms with E-state index in [9.17, 15) is 9.90 Å². The van der Waals surface area contributed by atoms with Crippen molar-refractivity contribution in [1.82, 2.24) is 9.55 Å². The highest BCUT2D eigenvalue weighted by Gasteiger charge is 2.25. The Balaban J connectivity index is 1.39. The van der Waals surface area contributed by atoms with Gasteiger partial charge in [-0.1, -0.05) is 55.3 Å². The molecule has 0 aliphatic carbocycles. The molecule has 0 saturated heterocycles. The van der Waals surface area contributed by atoms with Gasteiger partial charge in [-0.3, -0.25) is 4.79 Å². The molecule has 0 atom stereocenters. The first kappa shape index (κ1) is 23.6. The third-order valence-corrected chi connectivity index (χ3v) is 6.24. The van der Waals surface area contributed by atoms with Crippen LogP contribution in [0.3, 0.4) is 0 Å². The number of rotatable bonds is 11. The highest BCUT2D eigenvalue weighted by molar-refractivity contribution is 5.80. The second kappa shape index (κ2) is 10.6. The van der Waals surface area contributed by atoms with Crippen molar-refractivity contribution >= 4 is 17.0 Å². The zero-order valence-electron chi connectivity index (χ0n) is 19.9. The van der Waals surface area contributed by atoms with Gasteiger partial charge in [0.25, 0.3) is 0 Å². The van der Waals surface area contributed by atoms with E-state index in [1.165, 1.54) is 5.56 Å². The van der Waals surface area contributed by atoms with Gasteiger partial charge in [0.05, 0.1) is 23.1 Å². The molecule has 176 valence electrons. The molecule has 3 aromatic carbocycles. The van der Waals surface area contributed by atoms with Crippen LogP contribution in [0, 0.1) is 5.41 Å². The molecule has 0 amide bonds. The van der Waals surface area contributed by atoms with Crippen molar-refractivity contribution in [3.63, 3.8) is 0 Å². The first-order valence-corrected chi connectivity index (χ1v) is 11.9. The van der Waals surface area contributed by atoms with E-state index < -0.39 is 11.4 Å². The lowest BCUT2D eigenvalue weighted by Crippen LogP contribution is -2.23. The Bertz CT molecular complexity index is 1230. The second-order valence-corrected chi connectivity index (χ2v) is 9.37. The Kier molecular flexibility index (Phi) is 7.31. The molecule has 1 aromatic heterocycles. The number of benzene rings is 3. The summed E-state index contributed by atoms with van der Waals surface area (Å²) in [6.07, 6.45) is 3.43.